The number of fused-ring (bicyclic) bond motifs is 1. The molecule has 0 saturated carbocycles. The van der Waals surface area contributed by atoms with Crippen molar-refractivity contribution in [1.82, 2.24) is 4.98 Å². The number of pyridine rings is 1. The molecule has 2 aromatic rings. The number of ether oxygens (including phenoxy) is 1. The van der Waals surface area contributed by atoms with Crippen molar-refractivity contribution in [1.29, 1.82) is 0 Å². The molecule has 0 N–H and O–H groups in total. The van der Waals surface area contributed by atoms with Gasteiger partial charge in [0.1, 0.15) is 5.82 Å². The van der Waals surface area contributed by atoms with Crippen LogP contribution in [0.2, 0.25) is 0 Å². The molecule has 0 aliphatic heterocycles. The van der Waals surface area contributed by atoms with Crippen LogP contribution in [0.25, 0.3) is 10.9 Å². The van der Waals surface area contributed by atoms with Gasteiger partial charge in [-0.25, -0.2) is 9.18 Å². The van der Waals surface area contributed by atoms with Gasteiger partial charge in [0.2, 0.25) is 0 Å². The van der Waals surface area contributed by atoms with E-state index in [1.54, 1.807) is 19.9 Å². The second-order valence-corrected chi connectivity index (χ2v) is 6.07. The first-order chi connectivity index (χ1) is 8.97. The van der Waals surface area contributed by atoms with Gasteiger partial charge < -0.3 is 4.74 Å². The largest absolute Gasteiger partial charge is 0.462 e. The Balaban J connectivity index is 2.70. The van der Waals surface area contributed by atoms with Gasteiger partial charge in [0.15, 0.2) is 0 Å². The maximum absolute atomic E-state index is 14.0. The quantitative estimate of drug-likeness (QED) is 0.366. The van der Waals surface area contributed by atoms with Crippen LogP contribution in [0.4, 0.5) is 4.39 Å². The highest BCUT2D eigenvalue weighted by atomic mass is 127. The van der Waals surface area contributed by atoms with E-state index in [9.17, 15) is 9.18 Å². The van der Waals surface area contributed by atoms with Crippen LogP contribution in [0.3, 0.4) is 0 Å². The molecule has 100 valence electrons. The summed E-state index contributed by atoms with van der Waals surface area (Å²) in [5.74, 6) is -0.668. The van der Waals surface area contributed by atoms with Crippen LogP contribution in [0.5, 0.6) is 0 Å². The lowest BCUT2D eigenvalue weighted by molar-refractivity contribution is 0.0526. The third kappa shape index (κ3) is 2.69. The fourth-order valence-corrected chi connectivity index (χ4v) is 3.08. The number of benzene rings is 1. The van der Waals surface area contributed by atoms with E-state index in [2.05, 4.69) is 27.6 Å². The van der Waals surface area contributed by atoms with E-state index in [0.717, 1.165) is 8.96 Å². The van der Waals surface area contributed by atoms with E-state index < -0.39 is 5.97 Å². The number of carbonyl (C=O) groups is 1. The van der Waals surface area contributed by atoms with Crippen molar-refractivity contribution >= 4 is 62.1 Å². The van der Waals surface area contributed by atoms with Crippen LogP contribution in [-0.2, 0) is 4.74 Å². The molecule has 0 aliphatic carbocycles. The van der Waals surface area contributed by atoms with E-state index in [-0.39, 0.29) is 5.82 Å². The molecule has 3 nitrogen and oxygen atoms in total. The summed E-state index contributed by atoms with van der Waals surface area (Å²) in [6.07, 6.45) is 1.43. The van der Waals surface area contributed by atoms with Gasteiger partial charge in [-0.2, -0.15) is 0 Å². The van der Waals surface area contributed by atoms with Gasteiger partial charge in [-0.05, 0) is 65.1 Å². The molecule has 0 atom stereocenters. The number of carbonyl (C=O) groups excluding carboxylic acids is 1. The highest BCUT2D eigenvalue weighted by Crippen LogP contribution is 2.30. The number of nitrogens with zero attached hydrogens (tertiary/aromatic N) is 1. The average molecular weight is 485 g/mol. The number of hydrogen-bond donors (Lipinski definition) is 0. The zero-order chi connectivity index (χ0) is 14.2. The number of esters is 1. The third-order valence-electron chi connectivity index (χ3n) is 2.71. The maximum Gasteiger partial charge on any atom is 0.339 e. The predicted molar refractivity (Wildman–Crippen MR) is 87.8 cm³/mol. The summed E-state index contributed by atoms with van der Waals surface area (Å²) >= 11 is 4.03. The Hall–Kier alpha value is -0.510. The monoisotopic (exact) mass is 485 g/mol. The maximum atomic E-state index is 14.0. The molecule has 0 radical (unpaired) electrons. The predicted octanol–water partition coefficient (Wildman–Crippen LogP) is 4.07. The van der Waals surface area contributed by atoms with Crippen molar-refractivity contribution in [2.45, 2.75) is 13.8 Å². The lowest BCUT2D eigenvalue weighted by Gasteiger charge is -2.10. The summed E-state index contributed by atoms with van der Waals surface area (Å²) in [6, 6.07) is 1.71. The van der Waals surface area contributed by atoms with Gasteiger partial charge in [-0.15, -0.1) is 0 Å². The molecule has 0 aliphatic rings. The molecular formula is C13H10FI2NO2. The van der Waals surface area contributed by atoms with E-state index in [1.165, 1.54) is 6.20 Å². The normalized spacial score (nSPS) is 10.8. The van der Waals surface area contributed by atoms with E-state index in [0.29, 0.717) is 26.8 Å². The minimum absolute atomic E-state index is 0.256. The lowest BCUT2D eigenvalue weighted by Crippen LogP contribution is -2.06. The van der Waals surface area contributed by atoms with E-state index in [1.807, 2.05) is 22.6 Å². The van der Waals surface area contributed by atoms with Gasteiger partial charge >= 0.3 is 5.97 Å². The van der Waals surface area contributed by atoms with Gasteiger partial charge in [-0.3, -0.25) is 4.98 Å². The van der Waals surface area contributed by atoms with Crippen molar-refractivity contribution in [3.05, 3.63) is 36.3 Å². The summed E-state index contributed by atoms with van der Waals surface area (Å²) in [5.41, 5.74) is 1.46. The van der Waals surface area contributed by atoms with E-state index >= 15 is 0 Å². The molecule has 6 heteroatoms. The second-order valence-electron chi connectivity index (χ2n) is 3.91. The first-order valence-electron chi connectivity index (χ1n) is 5.57. The van der Waals surface area contributed by atoms with Gasteiger partial charge in [-0.1, -0.05) is 0 Å². The first kappa shape index (κ1) is 14.9. The van der Waals surface area contributed by atoms with Crippen molar-refractivity contribution in [3.8, 4) is 0 Å². The molecule has 1 heterocycles. The molecule has 2 rings (SSSR count). The number of aryl methyl sites for hydroxylation is 1. The number of halogens is 3. The van der Waals surface area contributed by atoms with Gasteiger partial charge in [0, 0.05) is 20.7 Å². The molecule has 0 amide bonds. The Kier molecular flexibility index (Phi) is 4.59. The van der Waals surface area contributed by atoms with Crippen LogP contribution >= 0.6 is 45.2 Å². The summed E-state index contributed by atoms with van der Waals surface area (Å²) in [7, 11) is 0. The lowest BCUT2D eigenvalue weighted by atomic mass is 10.1. The van der Waals surface area contributed by atoms with Gasteiger partial charge in [0.25, 0.3) is 0 Å². The number of rotatable bonds is 2. The van der Waals surface area contributed by atoms with Gasteiger partial charge in [0.05, 0.1) is 21.3 Å². The highest BCUT2D eigenvalue weighted by molar-refractivity contribution is 14.1. The number of aromatic nitrogens is 1. The molecule has 0 unspecified atom stereocenters. The van der Waals surface area contributed by atoms with Crippen LogP contribution in [0, 0.1) is 19.9 Å². The zero-order valence-electron chi connectivity index (χ0n) is 10.3. The van der Waals surface area contributed by atoms with Crippen molar-refractivity contribution in [3.63, 3.8) is 0 Å². The van der Waals surface area contributed by atoms with E-state index in [4.69, 9.17) is 4.74 Å². The van der Waals surface area contributed by atoms with Crippen LogP contribution in [0.15, 0.2) is 12.3 Å². The van der Waals surface area contributed by atoms with Crippen molar-refractivity contribution in [2.75, 3.05) is 6.61 Å². The molecule has 0 fully saturated rings. The summed E-state index contributed by atoms with van der Waals surface area (Å²) < 4.78 is 20.2. The second kappa shape index (κ2) is 5.86. The Morgan fingerprint density at radius 1 is 1.42 bits per heavy atom. The third-order valence-corrected chi connectivity index (χ3v) is 5.87. The Morgan fingerprint density at radius 3 is 2.74 bits per heavy atom. The smallest absolute Gasteiger partial charge is 0.339 e. The first-order valence-corrected chi connectivity index (χ1v) is 7.73. The van der Waals surface area contributed by atoms with Crippen molar-refractivity contribution < 1.29 is 13.9 Å². The summed E-state index contributed by atoms with van der Waals surface area (Å²) in [6.45, 7) is 3.75. The Morgan fingerprint density at radius 2 is 2.11 bits per heavy atom. The minimum atomic E-state index is -0.412. The Labute approximate surface area is 137 Å². The average Bonchev–Trinajstić information content (AvgIpc) is 2.42. The minimum Gasteiger partial charge on any atom is -0.462 e. The summed E-state index contributed by atoms with van der Waals surface area (Å²) in [4.78, 5) is 15.9. The molecule has 0 spiro atoms. The molecular weight excluding hydrogens is 475 g/mol. The molecule has 0 saturated heterocycles. The van der Waals surface area contributed by atoms with Crippen LogP contribution in [0.1, 0.15) is 22.8 Å². The molecule has 0 bridgehead atoms. The summed E-state index contributed by atoms with van der Waals surface area (Å²) in [5, 5.41) is 0.773. The Bertz CT molecular complexity index is 673. The fraction of sp³-hybridized carbons (Fsp3) is 0.231. The van der Waals surface area contributed by atoms with Crippen LogP contribution < -0.4 is 0 Å². The molecule has 19 heavy (non-hydrogen) atoms. The number of hydrogen-bond acceptors (Lipinski definition) is 3. The fourth-order valence-electron chi connectivity index (χ4n) is 1.74. The van der Waals surface area contributed by atoms with Crippen LogP contribution in [-0.4, -0.2) is 17.6 Å². The molecule has 1 aromatic carbocycles. The van der Waals surface area contributed by atoms with Crippen molar-refractivity contribution in [2.24, 2.45) is 0 Å². The standard InChI is InChI=1S/C13H10FI2NO2/c1-3-19-13(18)7-4-8-10(15)11(16)9(14)6(2)12(8)17-5-7/h4-5H,3H2,1-2H3. The zero-order valence-corrected chi connectivity index (χ0v) is 14.6. The molecule has 1 aromatic heterocycles. The topological polar surface area (TPSA) is 39.2 Å². The highest BCUT2D eigenvalue weighted by Gasteiger charge is 2.17. The SMILES string of the molecule is CCOC(=O)c1cnc2c(C)c(F)c(I)c(I)c2c1.